The molecule has 0 saturated carbocycles. The number of ether oxygens (including phenoxy) is 1. The Hall–Kier alpha value is -2.52. The van der Waals surface area contributed by atoms with E-state index in [0.717, 1.165) is 16.4 Å². The molecule has 0 unspecified atom stereocenters. The van der Waals surface area contributed by atoms with Crippen molar-refractivity contribution in [1.29, 1.82) is 0 Å². The molecule has 0 aromatic heterocycles. The summed E-state index contributed by atoms with van der Waals surface area (Å²) in [7, 11) is -1.10. The lowest BCUT2D eigenvalue weighted by Crippen LogP contribution is -2.23. The van der Waals surface area contributed by atoms with Gasteiger partial charge < -0.3 is 10.1 Å². The Morgan fingerprint density at radius 1 is 1.12 bits per heavy atom. The van der Waals surface area contributed by atoms with E-state index in [-0.39, 0.29) is 28.5 Å². The van der Waals surface area contributed by atoms with Gasteiger partial charge in [0, 0.05) is 31.4 Å². The molecule has 9 heteroatoms. The number of halogens is 2. The highest BCUT2D eigenvalue weighted by Crippen LogP contribution is 2.29. The van der Waals surface area contributed by atoms with Gasteiger partial charge in [-0.2, -0.15) is 0 Å². The highest BCUT2D eigenvalue weighted by Gasteiger charge is 2.23. The average Bonchev–Trinajstić information content (AvgIpc) is 2.55. The standard InChI is InChI=1S/C17H18F2N2O4S/c1-4-25-15-6-5-14(10-16(15)26(23,24)21(2)3)20-17(22)11-7-12(18)9-13(19)8-11/h5-10H,4H2,1-3H3,(H,20,22). The van der Waals surface area contributed by atoms with Gasteiger partial charge in [-0.05, 0) is 37.3 Å². The highest BCUT2D eigenvalue weighted by molar-refractivity contribution is 7.89. The summed E-state index contributed by atoms with van der Waals surface area (Å²) in [6, 6.07) is 6.48. The Morgan fingerprint density at radius 2 is 1.73 bits per heavy atom. The number of hydrogen-bond acceptors (Lipinski definition) is 4. The van der Waals surface area contributed by atoms with E-state index in [4.69, 9.17) is 4.74 Å². The number of rotatable bonds is 6. The number of anilines is 1. The monoisotopic (exact) mass is 384 g/mol. The van der Waals surface area contributed by atoms with E-state index < -0.39 is 27.6 Å². The minimum atomic E-state index is -3.83. The fraction of sp³-hybridized carbons (Fsp3) is 0.235. The Morgan fingerprint density at radius 3 is 2.27 bits per heavy atom. The SMILES string of the molecule is CCOc1ccc(NC(=O)c2cc(F)cc(F)c2)cc1S(=O)(=O)N(C)C. The number of hydrogen-bond donors (Lipinski definition) is 1. The summed E-state index contributed by atoms with van der Waals surface area (Å²) in [6.45, 7) is 1.96. The van der Waals surface area contributed by atoms with E-state index in [1.807, 2.05) is 0 Å². The molecule has 0 aliphatic heterocycles. The van der Waals surface area contributed by atoms with Crippen LogP contribution in [-0.2, 0) is 10.0 Å². The molecule has 0 heterocycles. The topological polar surface area (TPSA) is 75.7 Å². The first kappa shape index (κ1) is 19.8. The summed E-state index contributed by atoms with van der Waals surface area (Å²) in [5.41, 5.74) is -0.0862. The molecule has 0 atom stereocenters. The summed E-state index contributed by atoms with van der Waals surface area (Å²) < 4.78 is 57.8. The van der Waals surface area contributed by atoms with Crippen LogP contribution >= 0.6 is 0 Å². The largest absolute Gasteiger partial charge is 0.492 e. The predicted molar refractivity (Wildman–Crippen MR) is 92.8 cm³/mol. The molecular weight excluding hydrogens is 366 g/mol. The van der Waals surface area contributed by atoms with Crippen molar-refractivity contribution in [3.05, 3.63) is 53.6 Å². The van der Waals surface area contributed by atoms with Crippen molar-refractivity contribution in [3.8, 4) is 5.75 Å². The second-order valence-electron chi connectivity index (χ2n) is 5.49. The van der Waals surface area contributed by atoms with Crippen LogP contribution in [0.1, 0.15) is 17.3 Å². The van der Waals surface area contributed by atoms with Crippen molar-refractivity contribution in [1.82, 2.24) is 4.31 Å². The van der Waals surface area contributed by atoms with Gasteiger partial charge in [0.2, 0.25) is 10.0 Å². The fourth-order valence-corrected chi connectivity index (χ4v) is 3.20. The molecule has 0 spiro atoms. The molecule has 2 rings (SSSR count). The predicted octanol–water partition coefficient (Wildman–Crippen LogP) is 2.87. The van der Waals surface area contributed by atoms with E-state index in [1.54, 1.807) is 6.92 Å². The minimum absolute atomic E-state index is 0.132. The van der Waals surface area contributed by atoms with Gasteiger partial charge in [0.1, 0.15) is 22.3 Å². The highest BCUT2D eigenvalue weighted by atomic mass is 32.2. The first-order valence-corrected chi connectivity index (χ1v) is 9.06. The average molecular weight is 384 g/mol. The van der Waals surface area contributed by atoms with Crippen LogP contribution in [0.2, 0.25) is 0 Å². The number of benzene rings is 2. The lowest BCUT2D eigenvalue weighted by atomic mass is 10.2. The van der Waals surface area contributed by atoms with Gasteiger partial charge in [0.05, 0.1) is 6.61 Å². The molecule has 2 aromatic carbocycles. The lowest BCUT2D eigenvalue weighted by Gasteiger charge is -2.16. The maximum absolute atomic E-state index is 13.3. The first-order valence-electron chi connectivity index (χ1n) is 7.62. The van der Waals surface area contributed by atoms with Crippen LogP contribution < -0.4 is 10.1 Å². The fourth-order valence-electron chi connectivity index (χ4n) is 2.15. The van der Waals surface area contributed by atoms with Crippen molar-refractivity contribution >= 4 is 21.6 Å². The molecule has 2 aromatic rings. The van der Waals surface area contributed by atoms with Gasteiger partial charge in [-0.1, -0.05) is 0 Å². The second kappa shape index (κ2) is 7.79. The Balaban J connectivity index is 2.40. The van der Waals surface area contributed by atoms with Crippen molar-refractivity contribution in [2.45, 2.75) is 11.8 Å². The maximum Gasteiger partial charge on any atom is 0.255 e. The van der Waals surface area contributed by atoms with E-state index in [0.29, 0.717) is 6.07 Å². The summed E-state index contributed by atoms with van der Waals surface area (Å²) in [6.07, 6.45) is 0. The molecule has 0 radical (unpaired) electrons. The molecule has 1 N–H and O–H groups in total. The van der Waals surface area contributed by atoms with Gasteiger partial charge in [0.15, 0.2) is 0 Å². The van der Waals surface area contributed by atoms with Gasteiger partial charge >= 0.3 is 0 Å². The van der Waals surface area contributed by atoms with Crippen LogP contribution in [0.4, 0.5) is 14.5 Å². The molecular formula is C17H18F2N2O4S. The third-order valence-corrected chi connectivity index (χ3v) is 5.22. The number of amides is 1. The van der Waals surface area contributed by atoms with E-state index in [9.17, 15) is 22.0 Å². The molecule has 0 saturated heterocycles. The normalized spacial score (nSPS) is 11.5. The second-order valence-corrected chi connectivity index (χ2v) is 7.61. The van der Waals surface area contributed by atoms with Gasteiger partial charge in [-0.15, -0.1) is 0 Å². The number of carbonyl (C=O) groups excluding carboxylic acids is 1. The van der Waals surface area contributed by atoms with Crippen LogP contribution in [0.25, 0.3) is 0 Å². The molecule has 1 amide bonds. The number of nitrogens with one attached hydrogen (secondary N) is 1. The van der Waals surface area contributed by atoms with Crippen LogP contribution in [-0.4, -0.2) is 39.3 Å². The van der Waals surface area contributed by atoms with Crippen molar-refractivity contribution in [2.24, 2.45) is 0 Å². The summed E-state index contributed by atoms with van der Waals surface area (Å²) in [4.78, 5) is 12.1. The zero-order valence-electron chi connectivity index (χ0n) is 14.4. The van der Waals surface area contributed by atoms with E-state index in [1.165, 1.54) is 32.3 Å². The van der Waals surface area contributed by atoms with Gasteiger partial charge in [-0.3, -0.25) is 4.79 Å². The number of carbonyl (C=O) groups is 1. The van der Waals surface area contributed by atoms with E-state index >= 15 is 0 Å². The quantitative estimate of drug-likeness (QED) is 0.831. The molecule has 0 aliphatic rings. The molecule has 6 nitrogen and oxygen atoms in total. The summed E-state index contributed by atoms with van der Waals surface area (Å²) in [5.74, 6) is -2.42. The van der Waals surface area contributed by atoms with Crippen LogP contribution in [0.5, 0.6) is 5.75 Å². The molecule has 0 fully saturated rings. The molecule has 140 valence electrons. The third-order valence-electron chi connectivity index (χ3n) is 3.38. The van der Waals surface area contributed by atoms with Crippen molar-refractivity contribution < 1.29 is 26.7 Å². The van der Waals surface area contributed by atoms with Crippen LogP contribution in [0.3, 0.4) is 0 Å². The Labute approximate surface area is 150 Å². The number of sulfonamides is 1. The summed E-state index contributed by atoms with van der Waals surface area (Å²) in [5, 5.41) is 2.42. The van der Waals surface area contributed by atoms with Crippen molar-refractivity contribution in [2.75, 3.05) is 26.0 Å². The molecule has 0 bridgehead atoms. The number of nitrogens with zero attached hydrogens (tertiary/aromatic N) is 1. The lowest BCUT2D eigenvalue weighted by molar-refractivity contribution is 0.102. The van der Waals surface area contributed by atoms with Crippen molar-refractivity contribution in [3.63, 3.8) is 0 Å². The Kier molecular flexibility index (Phi) is 5.94. The van der Waals surface area contributed by atoms with Crippen LogP contribution in [0, 0.1) is 11.6 Å². The zero-order chi connectivity index (χ0) is 19.5. The minimum Gasteiger partial charge on any atom is -0.492 e. The zero-order valence-corrected chi connectivity index (χ0v) is 15.2. The third kappa shape index (κ3) is 4.36. The molecule has 0 aliphatic carbocycles. The van der Waals surface area contributed by atoms with Crippen LogP contribution in [0.15, 0.2) is 41.3 Å². The van der Waals surface area contributed by atoms with Gasteiger partial charge in [0.25, 0.3) is 5.91 Å². The summed E-state index contributed by atoms with van der Waals surface area (Å²) >= 11 is 0. The molecule has 26 heavy (non-hydrogen) atoms. The first-order chi connectivity index (χ1) is 12.1. The van der Waals surface area contributed by atoms with Gasteiger partial charge in [-0.25, -0.2) is 21.5 Å². The van der Waals surface area contributed by atoms with E-state index in [2.05, 4.69) is 5.32 Å². The maximum atomic E-state index is 13.3. The smallest absolute Gasteiger partial charge is 0.255 e. The Bertz CT molecular complexity index is 910.